The Hall–Kier alpha value is -2.11. The molecular formula is C16H17ClFNO3. The molecule has 0 spiro atoms. The number of carbonyl (C=O) groups is 1. The zero-order chi connectivity index (χ0) is 15.2. The Balaban J connectivity index is 0.00000242. The fourth-order valence-corrected chi connectivity index (χ4v) is 1.86. The van der Waals surface area contributed by atoms with Crippen molar-refractivity contribution < 1.29 is 19.0 Å². The minimum Gasteiger partial charge on any atom is -0.508 e. The molecule has 2 aromatic rings. The first-order chi connectivity index (χ1) is 10.0. The van der Waals surface area contributed by atoms with Gasteiger partial charge in [0.2, 0.25) is 0 Å². The van der Waals surface area contributed by atoms with Gasteiger partial charge in [0.05, 0.1) is 0 Å². The van der Waals surface area contributed by atoms with Crippen LogP contribution in [0.25, 0.3) is 0 Å². The van der Waals surface area contributed by atoms with E-state index in [0.717, 1.165) is 5.56 Å². The van der Waals surface area contributed by atoms with Crippen LogP contribution in [0.15, 0.2) is 48.5 Å². The van der Waals surface area contributed by atoms with Crippen LogP contribution in [0.1, 0.15) is 11.1 Å². The van der Waals surface area contributed by atoms with Gasteiger partial charge in [0.15, 0.2) is 0 Å². The van der Waals surface area contributed by atoms with Gasteiger partial charge in [0.25, 0.3) is 0 Å². The third-order valence-corrected chi connectivity index (χ3v) is 2.96. The Morgan fingerprint density at radius 1 is 1.18 bits per heavy atom. The van der Waals surface area contributed by atoms with Crippen LogP contribution in [-0.2, 0) is 22.6 Å². The molecule has 1 atom stereocenters. The summed E-state index contributed by atoms with van der Waals surface area (Å²) in [6, 6.07) is 11.5. The van der Waals surface area contributed by atoms with Crippen molar-refractivity contribution in [3.63, 3.8) is 0 Å². The molecule has 2 aromatic carbocycles. The molecule has 22 heavy (non-hydrogen) atoms. The number of phenolic OH excluding ortho intramolecular Hbond substituents is 1. The van der Waals surface area contributed by atoms with Crippen molar-refractivity contribution in [1.29, 1.82) is 0 Å². The van der Waals surface area contributed by atoms with Gasteiger partial charge in [-0.15, -0.1) is 12.4 Å². The van der Waals surface area contributed by atoms with Crippen LogP contribution in [0.4, 0.5) is 4.39 Å². The van der Waals surface area contributed by atoms with Gasteiger partial charge in [-0.05, 0) is 41.8 Å². The molecule has 118 valence electrons. The van der Waals surface area contributed by atoms with Gasteiger partial charge in [0, 0.05) is 0 Å². The third kappa shape index (κ3) is 5.35. The van der Waals surface area contributed by atoms with E-state index in [1.807, 2.05) is 0 Å². The summed E-state index contributed by atoms with van der Waals surface area (Å²) in [5, 5.41) is 9.18. The summed E-state index contributed by atoms with van der Waals surface area (Å²) < 4.78 is 18.0. The first-order valence-corrected chi connectivity index (χ1v) is 6.49. The second-order valence-electron chi connectivity index (χ2n) is 4.71. The molecule has 0 saturated heterocycles. The van der Waals surface area contributed by atoms with Crippen LogP contribution in [0, 0.1) is 5.82 Å². The fraction of sp³-hybridized carbons (Fsp3) is 0.188. The normalized spacial score (nSPS) is 11.4. The highest BCUT2D eigenvalue weighted by Crippen LogP contribution is 2.12. The summed E-state index contributed by atoms with van der Waals surface area (Å²) in [6.45, 7) is -0.0140. The Morgan fingerprint density at radius 3 is 2.50 bits per heavy atom. The molecule has 0 saturated carbocycles. The molecule has 0 fully saturated rings. The number of hydrogen-bond donors (Lipinski definition) is 2. The number of carbonyl (C=O) groups excluding carboxylic acids is 1. The molecule has 0 radical (unpaired) electrons. The zero-order valence-corrected chi connectivity index (χ0v) is 12.6. The highest BCUT2D eigenvalue weighted by atomic mass is 35.5. The van der Waals surface area contributed by atoms with E-state index in [2.05, 4.69) is 0 Å². The lowest BCUT2D eigenvalue weighted by atomic mass is 10.1. The second-order valence-corrected chi connectivity index (χ2v) is 4.71. The molecule has 2 rings (SSSR count). The molecule has 0 aliphatic rings. The summed E-state index contributed by atoms with van der Waals surface area (Å²) >= 11 is 0. The summed E-state index contributed by atoms with van der Waals surface area (Å²) in [4.78, 5) is 11.8. The van der Waals surface area contributed by atoms with Crippen LogP contribution >= 0.6 is 12.4 Å². The van der Waals surface area contributed by atoms with Gasteiger partial charge < -0.3 is 15.6 Å². The van der Waals surface area contributed by atoms with Gasteiger partial charge in [0.1, 0.15) is 24.2 Å². The van der Waals surface area contributed by atoms with Crippen molar-refractivity contribution in [1.82, 2.24) is 0 Å². The van der Waals surface area contributed by atoms with Gasteiger partial charge in [-0.25, -0.2) is 4.39 Å². The highest BCUT2D eigenvalue weighted by molar-refractivity contribution is 5.85. The van der Waals surface area contributed by atoms with E-state index >= 15 is 0 Å². The SMILES string of the molecule is Cl.N[C@@H](Cc1ccc(O)cc1)C(=O)OCc1cccc(F)c1. The van der Waals surface area contributed by atoms with Crippen LogP contribution in [-0.4, -0.2) is 17.1 Å². The molecule has 0 bridgehead atoms. The predicted molar refractivity (Wildman–Crippen MR) is 83.2 cm³/mol. The lowest BCUT2D eigenvalue weighted by Gasteiger charge is -2.12. The van der Waals surface area contributed by atoms with E-state index in [1.54, 1.807) is 24.3 Å². The van der Waals surface area contributed by atoms with E-state index < -0.39 is 12.0 Å². The van der Waals surface area contributed by atoms with Gasteiger partial charge in [-0.1, -0.05) is 24.3 Å². The number of nitrogens with two attached hydrogens (primary N) is 1. The molecule has 0 aliphatic carbocycles. The average Bonchev–Trinajstić information content (AvgIpc) is 2.47. The number of rotatable bonds is 5. The Bertz CT molecular complexity index is 619. The van der Waals surface area contributed by atoms with Crippen LogP contribution in [0.5, 0.6) is 5.75 Å². The second kappa shape index (κ2) is 8.36. The van der Waals surface area contributed by atoms with Crippen LogP contribution in [0.3, 0.4) is 0 Å². The number of aromatic hydroxyl groups is 1. The summed E-state index contributed by atoms with van der Waals surface area (Å²) in [5.41, 5.74) is 7.16. The van der Waals surface area contributed by atoms with Gasteiger partial charge >= 0.3 is 5.97 Å². The number of hydrogen-bond acceptors (Lipinski definition) is 4. The first-order valence-electron chi connectivity index (χ1n) is 6.49. The molecular weight excluding hydrogens is 309 g/mol. The Kier molecular flexibility index (Phi) is 6.82. The highest BCUT2D eigenvalue weighted by Gasteiger charge is 2.15. The van der Waals surface area contributed by atoms with Gasteiger partial charge in [-0.3, -0.25) is 4.79 Å². The standard InChI is InChI=1S/C16H16FNO3.ClH/c17-13-3-1-2-12(8-13)10-21-16(20)15(18)9-11-4-6-14(19)7-5-11;/h1-8,15,19H,9-10,18H2;1H/t15-;/m0./s1. The van der Waals surface area contributed by atoms with E-state index in [1.165, 1.54) is 24.3 Å². The van der Waals surface area contributed by atoms with Crippen molar-refractivity contribution in [2.45, 2.75) is 19.1 Å². The summed E-state index contributed by atoms with van der Waals surface area (Å²) in [7, 11) is 0. The minimum atomic E-state index is -0.803. The maximum absolute atomic E-state index is 13.0. The summed E-state index contributed by atoms with van der Waals surface area (Å²) in [6.07, 6.45) is 0.308. The lowest BCUT2D eigenvalue weighted by Crippen LogP contribution is -2.34. The molecule has 0 heterocycles. The van der Waals surface area contributed by atoms with Crippen molar-refractivity contribution >= 4 is 18.4 Å². The molecule has 0 amide bonds. The van der Waals surface area contributed by atoms with E-state index in [-0.39, 0.29) is 30.6 Å². The number of phenols is 1. The average molecular weight is 326 g/mol. The molecule has 6 heteroatoms. The smallest absolute Gasteiger partial charge is 0.323 e. The zero-order valence-electron chi connectivity index (χ0n) is 11.7. The number of ether oxygens (including phenoxy) is 1. The number of halogens is 2. The first kappa shape index (κ1) is 17.9. The fourth-order valence-electron chi connectivity index (χ4n) is 1.86. The van der Waals surface area contributed by atoms with E-state index in [0.29, 0.717) is 12.0 Å². The molecule has 3 N–H and O–H groups in total. The lowest BCUT2D eigenvalue weighted by molar-refractivity contribution is -0.146. The van der Waals surface area contributed by atoms with Crippen LogP contribution in [0.2, 0.25) is 0 Å². The topological polar surface area (TPSA) is 72.5 Å². The van der Waals surface area contributed by atoms with Gasteiger partial charge in [-0.2, -0.15) is 0 Å². The Morgan fingerprint density at radius 2 is 1.86 bits per heavy atom. The van der Waals surface area contributed by atoms with E-state index in [4.69, 9.17) is 10.5 Å². The van der Waals surface area contributed by atoms with Crippen molar-refractivity contribution in [3.8, 4) is 5.75 Å². The monoisotopic (exact) mass is 325 g/mol. The quantitative estimate of drug-likeness (QED) is 0.829. The molecule has 0 unspecified atom stereocenters. The predicted octanol–water partition coefficient (Wildman–Crippen LogP) is 2.57. The number of benzene rings is 2. The van der Waals surface area contributed by atoms with Crippen LogP contribution < -0.4 is 5.73 Å². The van der Waals surface area contributed by atoms with Crippen molar-refractivity contribution in [3.05, 3.63) is 65.5 Å². The molecule has 0 aliphatic heterocycles. The third-order valence-electron chi connectivity index (χ3n) is 2.96. The Labute approximate surface area is 134 Å². The maximum Gasteiger partial charge on any atom is 0.323 e. The molecule has 0 aromatic heterocycles. The largest absolute Gasteiger partial charge is 0.508 e. The maximum atomic E-state index is 13.0. The summed E-state index contributed by atoms with van der Waals surface area (Å²) in [5.74, 6) is -0.773. The van der Waals surface area contributed by atoms with E-state index in [9.17, 15) is 14.3 Å². The van der Waals surface area contributed by atoms with Crippen molar-refractivity contribution in [2.75, 3.05) is 0 Å². The molecule has 4 nitrogen and oxygen atoms in total. The van der Waals surface area contributed by atoms with Crippen molar-refractivity contribution in [2.24, 2.45) is 5.73 Å². The number of esters is 1. The minimum absolute atomic E-state index is 0.